The summed E-state index contributed by atoms with van der Waals surface area (Å²) in [6.45, 7) is 4.84. The van der Waals surface area contributed by atoms with Crippen molar-refractivity contribution in [1.82, 2.24) is 4.98 Å². The number of ether oxygens (including phenoxy) is 2. The lowest BCUT2D eigenvalue weighted by Crippen LogP contribution is -2.10. The molecule has 0 atom stereocenters. The Morgan fingerprint density at radius 2 is 1.96 bits per heavy atom. The van der Waals surface area contributed by atoms with E-state index in [0.29, 0.717) is 17.1 Å². The van der Waals surface area contributed by atoms with Crippen molar-refractivity contribution in [3.8, 4) is 11.5 Å². The first kappa shape index (κ1) is 19.2. The van der Waals surface area contributed by atoms with Gasteiger partial charge in [0.1, 0.15) is 23.8 Å². The molecule has 0 saturated heterocycles. The van der Waals surface area contributed by atoms with E-state index < -0.39 is 11.9 Å². The molecule has 0 amide bonds. The molecule has 2 aromatic heterocycles. The smallest absolute Gasteiger partial charge is 0.433 e. The summed E-state index contributed by atoms with van der Waals surface area (Å²) in [6.07, 6.45) is -4.47. The van der Waals surface area contributed by atoms with Crippen LogP contribution in [0.5, 0.6) is 11.5 Å². The number of hydrogen-bond acceptors (Lipinski definition) is 5. The molecule has 0 aliphatic rings. The Balaban J connectivity index is 1.81. The second kappa shape index (κ2) is 7.19. The van der Waals surface area contributed by atoms with Gasteiger partial charge in [-0.3, -0.25) is 4.79 Å². The number of fused-ring (bicyclic) bond motifs is 1. The fraction of sp³-hybridized carbons (Fsp3) is 0.263. The van der Waals surface area contributed by atoms with E-state index in [0.717, 1.165) is 21.7 Å². The molecule has 4 nitrogen and oxygen atoms in total. The molecule has 27 heavy (non-hydrogen) atoms. The van der Waals surface area contributed by atoms with E-state index in [1.54, 1.807) is 11.4 Å². The van der Waals surface area contributed by atoms with Crippen LogP contribution in [0.4, 0.5) is 13.2 Å². The highest BCUT2D eigenvalue weighted by Crippen LogP contribution is 2.38. The van der Waals surface area contributed by atoms with E-state index in [9.17, 15) is 18.0 Å². The van der Waals surface area contributed by atoms with Gasteiger partial charge in [-0.2, -0.15) is 13.2 Å². The Labute approximate surface area is 157 Å². The van der Waals surface area contributed by atoms with Gasteiger partial charge in [-0.1, -0.05) is 6.07 Å². The fourth-order valence-electron chi connectivity index (χ4n) is 2.68. The molecule has 8 heteroatoms. The van der Waals surface area contributed by atoms with Gasteiger partial charge in [0.15, 0.2) is 0 Å². The zero-order valence-corrected chi connectivity index (χ0v) is 15.6. The van der Waals surface area contributed by atoms with Crippen LogP contribution in [0.25, 0.3) is 10.1 Å². The Morgan fingerprint density at radius 3 is 2.59 bits per heavy atom. The third-order valence-corrected chi connectivity index (χ3v) is 4.85. The SMILES string of the molecule is CC(=O)Oc1csc2cc(OCc3ccc(C(F)(F)F)nc3C)cc(C)c12. The summed E-state index contributed by atoms with van der Waals surface area (Å²) >= 11 is 1.42. The van der Waals surface area contributed by atoms with Gasteiger partial charge in [0.25, 0.3) is 0 Å². The molecular weight excluding hydrogens is 379 g/mol. The van der Waals surface area contributed by atoms with Gasteiger partial charge in [0, 0.05) is 33.6 Å². The number of rotatable bonds is 4. The predicted molar refractivity (Wildman–Crippen MR) is 96.2 cm³/mol. The summed E-state index contributed by atoms with van der Waals surface area (Å²) in [4.78, 5) is 14.8. The lowest BCUT2D eigenvalue weighted by molar-refractivity contribution is -0.141. The number of carbonyl (C=O) groups excluding carboxylic acids is 1. The third kappa shape index (κ3) is 4.21. The van der Waals surface area contributed by atoms with Crippen molar-refractivity contribution in [2.75, 3.05) is 0 Å². The standard InChI is InChI=1S/C19H16F3NO3S/c1-10-6-14(7-16-18(10)15(9-27-16)26-12(3)24)25-8-13-4-5-17(19(20,21)22)23-11(13)2/h4-7,9H,8H2,1-3H3. The number of esters is 1. The van der Waals surface area contributed by atoms with Crippen LogP contribution >= 0.6 is 11.3 Å². The van der Waals surface area contributed by atoms with Crippen molar-refractivity contribution in [3.63, 3.8) is 0 Å². The quantitative estimate of drug-likeness (QED) is 0.552. The number of thiophene rings is 1. The molecule has 0 aliphatic heterocycles. The number of alkyl halides is 3. The molecule has 0 saturated carbocycles. The maximum absolute atomic E-state index is 12.7. The Kier molecular flexibility index (Phi) is 5.10. The second-order valence-electron chi connectivity index (χ2n) is 6.03. The molecule has 0 bridgehead atoms. The van der Waals surface area contributed by atoms with Crippen molar-refractivity contribution < 1.29 is 27.4 Å². The highest BCUT2D eigenvalue weighted by molar-refractivity contribution is 7.17. The van der Waals surface area contributed by atoms with Gasteiger partial charge in [-0.05, 0) is 37.6 Å². The van der Waals surface area contributed by atoms with Crippen LogP contribution in [0.3, 0.4) is 0 Å². The molecule has 2 heterocycles. The first-order valence-electron chi connectivity index (χ1n) is 8.02. The molecule has 0 unspecified atom stereocenters. The number of aryl methyl sites for hydroxylation is 2. The van der Waals surface area contributed by atoms with Crippen LogP contribution in [0.15, 0.2) is 29.6 Å². The van der Waals surface area contributed by atoms with Crippen LogP contribution in [0, 0.1) is 13.8 Å². The number of benzene rings is 1. The summed E-state index contributed by atoms with van der Waals surface area (Å²) in [7, 11) is 0. The average molecular weight is 395 g/mol. The maximum atomic E-state index is 12.7. The molecule has 0 aliphatic carbocycles. The van der Waals surface area contributed by atoms with Gasteiger partial charge >= 0.3 is 12.1 Å². The van der Waals surface area contributed by atoms with Crippen molar-refractivity contribution >= 4 is 27.4 Å². The number of pyridine rings is 1. The lowest BCUT2D eigenvalue weighted by Gasteiger charge is -2.12. The zero-order chi connectivity index (χ0) is 19.8. The molecule has 0 fully saturated rings. The third-order valence-electron chi connectivity index (χ3n) is 3.95. The molecule has 142 valence electrons. The van der Waals surface area contributed by atoms with Crippen LogP contribution in [0.1, 0.15) is 29.4 Å². The Morgan fingerprint density at radius 1 is 1.22 bits per heavy atom. The van der Waals surface area contributed by atoms with Crippen molar-refractivity contribution in [2.45, 2.75) is 33.6 Å². The van der Waals surface area contributed by atoms with Crippen molar-refractivity contribution in [3.05, 3.63) is 52.2 Å². The molecular formula is C19H16F3NO3S. The minimum absolute atomic E-state index is 0.101. The second-order valence-corrected chi connectivity index (χ2v) is 6.95. The lowest BCUT2D eigenvalue weighted by atomic mass is 10.1. The van der Waals surface area contributed by atoms with E-state index in [-0.39, 0.29) is 18.3 Å². The number of nitrogens with zero attached hydrogens (tertiary/aromatic N) is 1. The number of aromatic nitrogens is 1. The maximum Gasteiger partial charge on any atom is 0.433 e. The van der Waals surface area contributed by atoms with Crippen molar-refractivity contribution in [1.29, 1.82) is 0 Å². The summed E-state index contributed by atoms with van der Waals surface area (Å²) in [6, 6.07) is 5.94. The fourth-order valence-corrected chi connectivity index (χ4v) is 3.65. The topological polar surface area (TPSA) is 48.4 Å². The van der Waals surface area contributed by atoms with Crippen LogP contribution in [-0.2, 0) is 17.6 Å². The molecule has 0 radical (unpaired) electrons. The minimum Gasteiger partial charge on any atom is -0.489 e. The monoisotopic (exact) mass is 395 g/mol. The molecule has 1 aromatic carbocycles. The predicted octanol–water partition coefficient (Wildman–Crippen LogP) is 5.44. The minimum atomic E-state index is -4.47. The largest absolute Gasteiger partial charge is 0.489 e. The summed E-state index contributed by atoms with van der Waals surface area (Å²) in [5.41, 5.74) is 0.809. The van der Waals surface area contributed by atoms with Crippen molar-refractivity contribution in [2.24, 2.45) is 0 Å². The molecule has 3 aromatic rings. The van der Waals surface area contributed by atoms with E-state index in [4.69, 9.17) is 9.47 Å². The number of halogens is 3. The molecule has 0 spiro atoms. The summed E-state index contributed by atoms with van der Waals surface area (Å²) in [5.74, 6) is 0.699. The first-order valence-corrected chi connectivity index (χ1v) is 8.90. The van der Waals surface area contributed by atoms with Crippen LogP contribution < -0.4 is 9.47 Å². The van der Waals surface area contributed by atoms with Gasteiger partial charge in [-0.15, -0.1) is 11.3 Å². The number of hydrogen-bond donors (Lipinski definition) is 0. The van der Waals surface area contributed by atoms with E-state index >= 15 is 0 Å². The Hall–Kier alpha value is -2.61. The van der Waals surface area contributed by atoms with E-state index in [1.807, 2.05) is 13.0 Å². The highest BCUT2D eigenvalue weighted by atomic mass is 32.1. The molecule has 0 N–H and O–H groups in total. The average Bonchev–Trinajstić information content (AvgIpc) is 2.95. The number of carbonyl (C=O) groups is 1. The van der Waals surface area contributed by atoms with Gasteiger partial charge in [0.2, 0.25) is 0 Å². The molecule has 3 rings (SSSR count). The van der Waals surface area contributed by atoms with Crippen LogP contribution in [0.2, 0.25) is 0 Å². The normalized spacial score (nSPS) is 11.6. The first-order chi connectivity index (χ1) is 12.6. The van der Waals surface area contributed by atoms with E-state index in [1.165, 1.54) is 31.3 Å². The van der Waals surface area contributed by atoms with Gasteiger partial charge in [-0.25, -0.2) is 4.98 Å². The highest BCUT2D eigenvalue weighted by Gasteiger charge is 2.32. The van der Waals surface area contributed by atoms with Gasteiger partial charge < -0.3 is 9.47 Å². The Bertz CT molecular complexity index is 1010. The van der Waals surface area contributed by atoms with Gasteiger partial charge in [0.05, 0.1) is 0 Å². The van der Waals surface area contributed by atoms with Crippen LogP contribution in [-0.4, -0.2) is 11.0 Å². The summed E-state index contributed by atoms with van der Waals surface area (Å²) < 4.78 is 50.0. The zero-order valence-electron chi connectivity index (χ0n) is 14.8. The van der Waals surface area contributed by atoms with E-state index in [2.05, 4.69) is 4.98 Å². The summed E-state index contributed by atoms with van der Waals surface area (Å²) in [5, 5.41) is 2.60.